The fourth-order valence-corrected chi connectivity index (χ4v) is 11.6. The fraction of sp³-hybridized carbons (Fsp3) is 0.733. The molecule has 2 aromatic rings. The van der Waals surface area contributed by atoms with Crippen molar-refractivity contribution in [1.82, 2.24) is 9.80 Å². The Bertz CT molecular complexity index is 1120. The average molecular weight is 527 g/mol. The van der Waals surface area contributed by atoms with Gasteiger partial charge in [0.05, 0.1) is 25.1 Å². The van der Waals surface area contributed by atoms with Gasteiger partial charge in [0, 0.05) is 68.6 Å². The lowest BCUT2D eigenvalue weighted by Crippen LogP contribution is -2.62. The zero-order valence-electron chi connectivity index (χ0n) is 22.3. The van der Waals surface area contributed by atoms with Gasteiger partial charge < -0.3 is 13.9 Å². The molecule has 0 amide bonds. The van der Waals surface area contributed by atoms with Gasteiger partial charge in [-0.1, -0.05) is 13.8 Å². The largest absolute Gasteiger partial charge is 0.472 e. The Hall–Kier alpha value is -1.41. The first-order valence-corrected chi connectivity index (χ1v) is 15.9. The molecule has 0 radical (unpaired) electrons. The molecule has 2 spiro atoms. The molecule has 0 aromatic carbocycles. The molecule has 1 N–H and O–H groups in total. The molecule has 6 nitrogen and oxygen atoms in total. The molecule has 37 heavy (non-hydrogen) atoms. The van der Waals surface area contributed by atoms with Crippen molar-refractivity contribution >= 4 is 10.8 Å². The van der Waals surface area contributed by atoms with Gasteiger partial charge in [0.2, 0.25) is 0 Å². The summed E-state index contributed by atoms with van der Waals surface area (Å²) in [5.74, 6) is 1.82. The molecular weight excluding hydrogens is 484 g/mol. The number of rotatable bonds is 2. The highest BCUT2D eigenvalue weighted by Gasteiger charge is 2.63. The van der Waals surface area contributed by atoms with Gasteiger partial charge in [0.15, 0.2) is 0 Å². The number of fused-ring (bicyclic) bond motifs is 2. The van der Waals surface area contributed by atoms with Crippen LogP contribution in [0.2, 0.25) is 0 Å². The van der Waals surface area contributed by atoms with Crippen molar-refractivity contribution in [3.05, 3.63) is 48.3 Å². The van der Waals surface area contributed by atoms with Gasteiger partial charge >= 0.3 is 0 Å². The van der Waals surface area contributed by atoms with E-state index in [0.717, 1.165) is 45.1 Å². The average Bonchev–Trinajstić information content (AvgIpc) is 3.66. The number of nitrogens with zero attached hydrogens (tertiary/aromatic N) is 2. The minimum absolute atomic E-state index is 0.173. The standard InChI is InChI=1S/C30H42N2O4S/c1-20-4-6-26(23-9-14-36-17-23)32-24(20)7-10-29(28(32)33)18-30(37(34)19-29)11-12-31-25(22-8-13-35-16-22)5-3-21(2)27(31)15-30/h8-9,13-14,16-17,20-21,24-28,33H,3-7,10-12,15,18-19H2,1-2H3/t20-,21+,24-,25-,26+,27-,28+,29+,30+,37+/m0/s1. The SMILES string of the molecule is C[C@@H]1CC[C@@H](c2ccoc2)N2CC[C@@]3(C[C@@H]12)C[C@]1(CC[C@H]2[C@@H](C)CC[C@H](c4ccoc4)N2[C@@H]1O)C[S@]3=O. The molecule has 7 heterocycles. The number of hydrogen-bond acceptors (Lipinski definition) is 6. The zero-order valence-corrected chi connectivity index (χ0v) is 23.1. The van der Waals surface area contributed by atoms with Crippen molar-refractivity contribution in [3.8, 4) is 0 Å². The quantitative estimate of drug-likeness (QED) is 0.546. The summed E-state index contributed by atoms with van der Waals surface area (Å²) < 4.78 is 24.9. The molecule has 0 aliphatic carbocycles. The normalized spacial score (nSPS) is 46.8. The molecular formula is C30H42N2O4S. The van der Waals surface area contributed by atoms with Crippen LogP contribution in [-0.4, -0.2) is 54.5 Å². The van der Waals surface area contributed by atoms with E-state index in [9.17, 15) is 9.32 Å². The first kappa shape index (κ1) is 24.6. The second kappa shape index (κ2) is 9.07. The van der Waals surface area contributed by atoms with Gasteiger partial charge in [0.1, 0.15) is 6.23 Å². The summed E-state index contributed by atoms with van der Waals surface area (Å²) in [6, 6.07) is 5.62. The summed E-state index contributed by atoms with van der Waals surface area (Å²) in [6.45, 7) is 5.73. The molecule has 7 rings (SSSR count). The lowest BCUT2D eigenvalue weighted by Gasteiger charge is -2.57. The van der Waals surface area contributed by atoms with Crippen molar-refractivity contribution in [2.24, 2.45) is 17.3 Å². The summed E-state index contributed by atoms with van der Waals surface area (Å²) in [5.41, 5.74) is 2.19. The van der Waals surface area contributed by atoms with E-state index in [2.05, 4.69) is 35.8 Å². The number of aliphatic hydroxyl groups excluding tert-OH is 1. The second-order valence-electron chi connectivity index (χ2n) is 13.2. The minimum Gasteiger partial charge on any atom is -0.472 e. The topological polar surface area (TPSA) is 70.1 Å². The monoisotopic (exact) mass is 526 g/mol. The van der Waals surface area contributed by atoms with Crippen LogP contribution in [0.3, 0.4) is 0 Å². The van der Waals surface area contributed by atoms with Gasteiger partial charge in [-0.25, -0.2) is 0 Å². The van der Waals surface area contributed by atoms with E-state index in [1.807, 2.05) is 12.5 Å². The van der Waals surface area contributed by atoms with Crippen LogP contribution in [0.15, 0.2) is 46.0 Å². The molecule has 5 saturated heterocycles. The van der Waals surface area contributed by atoms with E-state index >= 15 is 0 Å². The van der Waals surface area contributed by atoms with Crippen molar-refractivity contribution in [2.45, 2.75) is 107 Å². The molecule has 10 atom stereocenters. The Labute approximate surface area is 223 Å². The van der Waals surface area contributed by atoms with Crippen LogP contribution in [0.25, 0.3) is 0 Å². The van der Waals surface area contributed by atoms with Crippen molar-refractivity contribution in [2.75, 3.05) is 12.3 Å². The summed E-state index contributed by atoms with van der Waals surface area (Å²) in [5, 5.41) is 12.2. The third kappa shape index (κ3) is 3.78. The molecule has 0 bridgehead atoms. The number of aliphatic hydroxyl groups is 1. The minimum atomic E-state index is -0.923. The van der Waals surface area contributed by atoms with Crippen molar-refractivity contribution < 1.29 is 18.1 Å². The Morgan fingerprint density at radius 1 is 0.919 bits per heavy atom. The lowest BCUT2D eigenvalue weighted by molar-refractivity contribution is -0.182. The maximum Gasteiger partial charge on any atom is 0.114 e. The van der Waals surface area contributed by atoms with E-state index in [1.165, 1.54) is 30.4 Å². The molecule has 202 valence electrons. The molecule has 5 fully saturated rings. The third-order valence-electron chi connectivity index (χ3n) is 11.3. The van der Waals surface area contributed by atoms with E-state index < -0.39 is 17.0 Å². The second-order valence-corrected chi connectivity index (χ2v) is 15.0. The molecule has 0 unspecified atom stereocenters. The number of piperidine rings is 4. The Morgan fingerprint density at radius 2 is 1.59 bits per heavy atom. The molecule has 5 aliphatic heterocycles. The van der Waals surface area contributed by atoms with Crippen LogP contribution in [0.5, 0.6) is 0 Å². The smallest absolute Gasteiger partial charge is 0.114 e. The summed E-state index contributed by atoms with van der Waals surface area (Å²) in [7, 11) is -0.923. The summed E-state index contributed by atoms with van der Waals surface area (Å²) in [4.78, 5) is 5.12. The van der Waals surface area contributed by atoms with Crippen LogP contribution in [0.1, 0.15) is 94.8 Å². The van der Waals surface area contributed by atoms with Gasteiger partial charge in [-0.3, -0.25) is 14.0 Å². The molecule has 2 aromatic heterocycles. The van der Waals surface area contributed by atoms with E-state index in [1.54, 1.807) is 12.5 Å². The number of furan rings is 2. The maximum absolute atomic E-state index is 14.1. The van der Waals surface area contributed by atoms with Gasteiger partial charge in [0.25, 0.3) is 0 Å². The van der Waals surface area contributed by atoms with E-state index in [0.29, 0.717) is 35.7 Å². The van der Waals surface area contributed by atoms with Crippen LogP contribution in [0.4, 0.5) is 0 Å². The van der Waals surface area contributed by atoms with Crippen LogP contribution in [-0.2, 0) is 10.8 Å². The Balaban J connectivity index is 1.16. The van der Waals surface area contributed by atoms with Crippen LogP contribution in [0, 0.1) is 17.3 Å². The van der Waals surface area contributed by atoms with Crippen molar-refractivity contribution in [1.29, 1.82) is 0 Å². The highest BCUT2D eigenvalue weighted by atomic mass is 32.2. The van der Waals surface area contributed by atoms with Gasteiger partial charge in [-0.15, -0.1) is 0 Å². The Kier molecular flexibility index (Phi) is 6.04. The van der Waals surface area contributed by atoms with Crippen LogP contribution >= 0.6 is 0 Å². The van der Waals surface area contributed by atoms with Gasteiger partial charge in [-0.2, -0.15) is 0 Å². The highest BCUT2D eigenvalue weighted by molar-refractivity contribution is 7.86. The lowest BCUT2D eigenvalue weighted by atomic mass is 9.65. The van der Waals surface area contributed by atoms with Crippen LogP contribution < -0.4 is 0 Å². The zero-order chi connectivity index (χ0) is 25.4. The molecule has 0 saturated carbocycles. The number of hydrogen-bond donors (Lipinski definition) is 1. The predicted molar refractivity (Wildman–Crippen MR) is 143 cm³/mol. The molecule has 7 heteroatoms. The predicted octanol–water partition coefficient (Wildman–Crippen LogP) is 5.64. The van der Waals surface area contributed by atoms with E-state index in [-0.39, 0.29) is 16.2 Å². The Morgan fingerprint density at radius 3 is 2.30 bits per heavy atom. The highest BCUT2D eigenvalue weighted by Crippen LogP contribution is 2.59. The maximum atomic E-state index is 14.1. The first-order chi connectivity index (χ1) is 17.9. The molecule has 5 aliphatic rings. The van der Waals surface area contributed by atoms with Gasteiger partial charge in [-0.05, 0) is 81.8 Å². The first-order valence-electron chi connectivity index (χ1n) is 14.5. The summed E-state index contributed by atoms with van der Waals surface area (Å²) >= 11 is 0. The fourth-order valence-electron chi connectivity index (χ4n) is 9.25. The summed E-state index contributed by atoms with van der Waals surface area (Å²) in [6.07, 6.45) is 16.3. The van der Waals surface area contributed by atoms with E-state index in [4.69, 9.17) is 8.83 Å². The van der Waals surface area contributed by atoms with Crippen molar-refractivity contribution in [3.63, 3.8) is 0 Å². The third-order valence-corrected chi connectivity index (χ3v) is 13.6.